The van der Waals surface area contributed by atoms with Gasteiger partial charge in [0.15, 0.2) is 0 Å². The lowest BCUT2D eigenvalue weighted by molar-refractivity contribution is 0.373. The first kappa shape index (κ1) is 15.8. The molecule has 1 aliphatic heterocycles. The van der Waals surface area contributed by atoms with E-state index in [1.165, 1.54) is 6.07 Å². The van der Waals surface area contributed by atoms with E-state index in [0.717, 1.165) is 30.7 Å². The van der Waals surface area contributed by atoms with Crippen molar-refractivity contribution in [2.75, 3.05) is 30.4 Å². The molecule has 34 heavy (non-hydrogen) atoms. The Morgan fingerprint density at radius 3 is 2.74 bits per heavy atom. The van der Waals surface area contributed by atoms with Crippen LogP contribution in [-0.2, 0) is 0 Å². The maximum absolute atomic E-state index is 13.7. The highest BCUT2D eigenvalue weighted by Gasteiger charge is 2.42. The molecule has 5 rings (SSSR count). The fourth-order valence-corrected chi connectivity index (χ4v) is 4.91. The molecule has 0 amide bonds. The Bertz CT molecular complexity index is 1390. The van der Waals surface area contributed by atoms with E-state index in [4.69, 9.17) is 30.7 Å². The highest BCUT2D eigenvalue weighted by Crippen LogP contribution is 2.40. The van der Waals surface area contributed by atoms with Crippen LogP contribution in [0.5, 0.6) is 17.6 Å². The third kappa shape index (κ3) is 4.49. The minimum Gasteiger partial charge on any atom is -0.481 e. The third-order valence-electron chi connectivity index (χ3n) is 6.31. The molecule has 0 radical (unpaired) electrons. The minimum atomic E-state index is -3.35. The highest BCUT2D eigenvalue weighted by atomic mass is 35.5. The van der Waals surface area contributed by atoms with Gasteiger partial charge in [0.05, 0.1) is 19.5 Å². The van der Waals surface area contributed by atoms with Crippen LogP contribution in [0.1, 0.15) is 42.2 Å². The molecule has 8 nitrogen and oxygen atoms in total. The monoisotopic (exact) mass is 493 g/mol. The van der Waals surface area contributed by atoms with E-state index in [2.05, 4.69) is 25.3 Å². The lowest BCUT2D eigenvalue weighted by atomic mass is 9.92. The van der Waals surface area contributed by atoms with Gasteiger partial charge in [-0.25, -0.2) is 14.1 Å². The summed E-state index contributed by atoms with van der Waals surface area (Å²) in [5, 5.41) is 7.14. The van der Waals surface area contributed by atoms with Gasteiger partial charge in [-0.1, -0.05) is 11.6 Å². The topological polar surface area (TPSA) is 77.3 Å². The lowest BCUT2D eigenvalue weighted by Crippen LogP contribution is -2.48. The number of methoxy groups -OCH3 is 1. The van der Waals surface area contributed by atoms with Crippen LogP contribution < -0.4 is 19.7 Å². The van der Waals surface area contributed by atoms with Crippen LogP contribution in [0.4, 0.5) is 16.0 Å². The molecule has 1 saturated heterocycles. The molecule has 1 aliphatic carbocycles. The third-order valence-corrected chi connectivity index (χ3v) is 6.60. The van der Waals surface area contributed by atoms with E-state index in [1.807, 2.05) is 12.1 Å². The summed E-state index contributed by atoms with van der Waals surface area (Å²) in [5.41, 5.74) is 0.984. The Labute approximate surface area is 212 Å². The predicted molar refractivity (Wildman–Crippen MR) is 129 cm³/mol. The summed E-state index contributed by atoms with van der Waals surface area (Å²) < 4.78 is 81.2. The van der Waals surface area contributed by atoms with E-state index in [-0.39, 0.29) is 34.6 Å². The van der Waals surface area contributed by atoms with Gasteiger partial charge in [0.2, 0.25) is 11.8 Å². The summed E-state index contributed by atoms with van der Waals surface area (Å²) in [6.45, 7) is -5.27. The molecule has 2 fully saturated rings. The lowest BCUT2D eigenvalue weighted by Gasteiger charge is -2.39. The van der Waals surface area contributed by atoms with Crippen molar-refractivity contribution in [3.8, 4) is 17.6 Å². The standard InChI is InChI=1S/C24H28ClFN6O2/c1-14(2)32-24(34-18-6-7-20(26)19(25)11-18)29-23(30-32)28-22-15-4-5-16(22)13-31(12-15)17-8-9-27-21(10-17)33-3/h6-11,14-16,22H,4-5,12-13H2,1-3H3,(H,28,30)/t15-,16+,22-/i1D3,2D3,14D. The van der Waals surface area contributed by atoms with Gasteiger partial charge < -0.3 is 19.7 Å². The zero-order valence-electron chi connectivity index (χ0n) is 25.3. The Hall–Kier alpha value is -3.07. The van der Waals surface area contributed by atoms with E-state index in [0.29, 0.717) is 23.7 Å². The van der Waals surface area contributed by atoms with E-state index >= 15 is 0 Å². The summed E-state index contributed by atoms with van der Waals surface area (Å²) in [5.74, 6) is 0.0181. The second-order valence-electron chi connectivity index (χ2n) is 8.39. The molecule has 0 spiro atoms. The molecule has 3 heterocycles. The second-order valence-corrected chi connectivity index (χ2v) is 8.79. The largest absolute Gasteiger partial charge is 0.481 e. The maximum atomic E-state index is 13.7. The number of ether oxygens (including phenoxy) is 2. The SMILES string of the molecule is [2H]C([2H])([2H])C([2H])(n1nc(N[C@@H]2[C@@H]3CC[C@H]2CN(c2ccnc(OC)c2)C3)nc1Oc1ccc(F)c(Cl)c1)C([2H])([2H])[2H]. The Balaban J connectivity index is 1.46. The van der Waals surface area contributed by atoms with Crippen LogP contribution in [0.15, 0.2) is 36.5 Å². The molecule has 2 bridgehead atoms. The number of pyridine rings is 1. The van der Waals surface area contributed by atoms with E-state index < -0.39 is 31.5 Å². The quantitative estimate of drug-likeness (QED) is 0.486. The molecular formula is C24H28ClFN6O2. The van der Waals surface area contributed by atoms with Crippen LogP contribution in [0.25, 0.3) is 0 Å². The van der Waals surface area contributed by atoms with Gasteiger partial charge in [0.25, 0.3) is 0 Å². The summed E-state index contributed by atoms with van der Waals surface area (Å²) >= 11 is 5.86. The Kier molecular flexibility index (Phi) is 4.31. The number of benzene rings is 1. The first-order valence-electron chi connectivity index (χ1n) is 14.3. The normalized spacial score (nSPS) is 25.8. The van der Waals surface area contributed by atoms with Crippen molar-refractivity contribution in [1.29, 1.82) is 0 Å². The van der Waals surface area contributed by atoms with Crippen molar-refractivity contribution in [2.24, 2.45) is 11.8 Å². The number of anilines is 2. The van der Waals surface area contributed by atoms with Gasteiger partial charge in [0, 0.05) is 51.4 Å². The molecule has 2 aromatic heterocycles. The van der Waals surface area contributed by atoms with Crippen molar-refractivity contribution < 1.29 is 23.5 Å². The molecule has 1 N–H and O–H groups in total. The molecule has 0 unspecified atom stereocenters. The van der Waals surface area contributed by atoms with Crippen LogP contribution in [0, 0.1) is 17.7 Å². The second kappa shape index (κ2) is 9.29. The fraction of sp³-hybridized carbons (Fsp3) is 0.458. The van der Waals surface area contributed by atoms with E-state index in [9.17, 15) is 4.39 Å². The van der Waals surface area contributed by atoms with Crippen LogP contribution in [0.3, 0.4) is 0 Å². The molecular weight excluding hydrogens is 459 g/mol. The van der Waals surface area contributed by atoms with Gasteiger partial charge in [-0.3, -0.25) is 0 Å². The van der Waals surface area contributed by atoms with Crippen LogP contribution >= 0.6 is 11.6 Å². The number of nitrogens with zero attached hydrogens (tertiary/aromatic N) is 5. The number of rotatable bonds is 7. The number of nitrogens with one attached hydrogen (secondary N) is 1. The summed E-state index contributed by atoms with van der Waals surface area (Å²) in [6.07, 6.45) is 3.54. The first-order valence-corrected chi connectivity index (χ1v) is 11.2. The van der Waals surface area contributed by atoms with Crippen molar-refractivity contribution in [3.05, 3.63) is 47.4 Å². The zero-order valence-corrected chi connectivity index (χ0v) is 19.1. The number of halogens is 2. The van der Waals surface area contributed by atoms with E-state index in [1.54, 1.807) is 13.3 Å². The minimum absolute atomic E-state index is 0.0452. The molecule has 2 aliphatic rings. The maximum Gasteiger partial charge on any atom is 0.322 e. The van der Waals surface area contributed by atoms with Gasteiger partial charge in [-0.05, 0) is 56.6 Å². The van der Waals surface area contributed by atoms with Crippen molar-refractivity contribution >= 4 is 23.2 Å². The zero-order chi connectivity index (χ0) is 29.7. The van der Waals surface area contributed by atoms with Gasteiger partial charge >= 0.3 is 6.01 Å². The average Bonchev–Trinajstić information content (AvgIpc) is 3.39. The van der Waals surface area contributed by atoms with Gasteiger partial charge in [0.1, 0.15) is 11.6 Å². The molecule has 1 aromatic carbocycles. The number of fused-ring (bicyclic) bond motifs is 2. The summed E-state index contributed by atoms with van der Waals surface area (Å²) in [6, 6.07) is 3.26. The molecule has 10 heteroatoms. The molecule has 180 valence electrons. The number of hydrogen-bond donors (Lipinski definition) is 1. The smallest absolute Gasteiger partial charge is 0.322 e. The average molecular weight is 494 g/mol. The summed E-state index contributed by atoms with van der Waals surface area (Å²) in [4.78, 5) is 10.7. The fourth-order valence-electron chi connectivity index (χ4n) is 4.74. The van der Waals surface area contributed by atoms with Gasteiger partial charge in [-0.2, -0.15) is 4.98 Å². The van der Waals surface area contributed by atoms with Crippen LogP contribution in [0.2, 0.25) is 5.02 Å². The molecule has 3 atom stereocenters. The summed E-state index contributed by atoms with van der Waals surface area (Å²) in [7, 11) is 1.56. The molecule has 3 aromatic rings. The van der Waals surface area contributed by atoms with Crippen LogP contribution in [-0.4, -0.2) is 46.0 Å². The number of aromatic nitrogens is 4. The van der Waals surface area contributed by atoms with Crippen molar-refractivity contribution in [3.63, 3.8) is 0 Å². The predicted octanol–water partition coefficient (Wildman–Crippen LogP) is 5.17. The number of piperidine rings is 1. The first-order chi connectivity index (χ1) is 19.2. The highest BCUT2D eigenvalue weighted by molar-refractivity contribution is 6.30. The van der Waals surface area contributed by atoms with Crippen molar-refractivity contribution in [1.82, 2.24) is 19.7 Å². The Morgan fingerprint density at radius 2 is 2.03 bits per heavy atom. The van der Waals surface area contributed by atoms with Gasteiger partial charge in [-0.15, -0.1) is 5.10 Å². The number of hydrogen-bond acceptors (Lipinski definition) is 7. The molecule has 1 saturated carbocycles. The van der Waals surface area contributed by atoms with Crippen molar-refractivity contribution in [2.45, 2.75) is 38.6 Å². The Morgan fingerprint density at radius 1 is 1.24 bits per heavy atom.